The van der Waals surface area contributed by atoms with Crippen LogP contribution in [0.15, 0.2) is 35.4 Å². The van der Waals surface area contributed by atoms with Crippen molar-refractivity contribution in [2.24, 2.45) is 5.10 Å². The van der Waals surface area contributed by atoms with E-state index >= 15 is 0 Å². The van der Waals surface area contributed by atoms with Crippen LogP contribution in [0.25, 0.3) is 0 Å². The van der Waals surface area contributed by atoms with Gasteiger partial charge in [0.1, 0.15) is 0 Å². The molecule has 1 N–H and O–H groups in total. The van der Waals surface area contributed by atoms with E-state index in [-0.39, 0.29) is 24.2 Å². The lowest BCUT2D eigenvalue weighted by Crippen LogP contribution is -2.35. The van der Waals surface area contributed by atoms with Gasteiger partial charge in [0.2, 0.25) is 0 Å². The number of hydrazone groups is 1. The Balaban J connectivity index is 1.80. The van der Waals surface area contributed by atoms with Crippen molar-refractivity contribution >= 4 is 12.2 Å². The Bertz CT molecular complexity index is 532. The number of aliphatic hydroxyl groups excluding tert-OH is 1. The first-order valence-corrected chi connectivity index (χ1v) is 7.57. The topological polar surface area (TPSA) is 56.1 Å². The third-order valence-electron chi connectivity index (χ3n) is 4.22. The predicted molar refractivity (Wildman–Crippen MR) is 81.1 cm³/mol. The molecular weight excluding hydrogens is 266 g/mol. The summed E-state index contributed by atoms with van der Waals surface area (Å²) in [5, 5.41) is 15.8. The van der Waals surface area contributed by atoms with Crippen LogP contribution in [0.1, 0.15) is 31.7 Å². The maximum Gasteiger partial charge on any atom is 0.341 e. The fourth-order valence-corrected chi connectivity index (χ4v) is 3.29. The third kappa shape index (κ3) is 2.65. The van der Waals surface area contributed by atoms with E-state index in [0.29, 0.717) is 12.8 Å². The summed E-state index contributed by atoms with van der Waals surface area (Å²) in [6, 6.07) is 9.80. The zero-order valence-corrected chi connectivity index (χ0v) is 12.2. The van der Waals surface area contributed by atoms with Gasteiger partial charge in [-0.25, -0.2) is 9.80 Å². The molecule has 1 saturated heterocycles. The average molecular weight is 287 g/mol. The molecule has 1 heterocycles. The number of nitrogens with zero attached hydrogens (tertiary/aromatic N) is 3. The number of amides is 2. The van der Waals surface area contributed by atoms with E-state index in [1.54, 1.807) is 11.2 Å². The number of urea groups is 1. The first-order valence-electron chi connectivity index (χ1n) is 7.57. The van der Waals surface area contributed by atoms with Crippen molar-refractivity contribution in [3.63, 3.8) is 0 Å². The summed E-state index contributed by atoms with van der Waals surface area (Å²) < 4.78 is 0. The Hall–Kier alpha value is -1.88. The van der Waals surface area contributed by atoms with Crippen LogP contribution in [0.2, 0.25) is 0 Å². The molecule has 21 heavy (non-hydrogen) atoms. The van der Waals surface area contributed by atoms with Crippen molar-refractivity contribution in [3.05, 3.63) is 35.9 Å². The van der Waals surface area contributed by atoms with Crippen LogP contribution >= 0.6 is 0 Å². The second-order valence-corrected chi connectivity index (χ2v) is 5.74. The van der Waals surface area contributed by atoms with E-state index in [2.05, 4.69) is 12.0 Å². The first-order chi connectivity index (χ1) is 10.2. The minimum absolute atomic E-state index is 0.000915. The minimum atomic E-state index is -0.332. The zero-order valence-electron chi connectivity index (χ0n) is 12.2. The standard InChI is InChI=1S/C16H21N3O2/c1-2-8-18-14-9-13(20)10-15(14)19(16(18)21)17-11-12-6-4-3-5-7-12/h3-7,11,13-15,20H,2,8-10H2,1H3/b17-11+. The van der Waals surface area contributed by atoms with Gasteiger partial charge in [0, 0.05) is 6.54 Å². The molecule has 5 nitrogen and oxygen atoms in total. The summed E-state index contributed by atoms with van der Waals surface area (Å²) in [5.74, 6) is 0. The summed E-state index contributed by atoms with van der Waals surface area (Å²) in [5.41, 5.74) is 0.967. The second kappa shape index (κ2) is 5.85. The van der Waals surface area contributed by atoms with E-state index in [9.17, 15) is 9.90 Å². The van der Waals surface area contributed by atoms with Crippen LogP contribution in [-0.2, 0) is 0 Å². The number of fused-ring (bicyclic) bond motifs is 1. The lowest BCUT2D eigenvalue weighted by molar-refractivity contribution is 0.142. The normalized spacial score (nSPS) is 28.7. The Labute approximate surface area is 124 Å². The molecule has 0 aromatic heterocycles. The Morgan fingerprint density at radius 1 is 1.29 bits per heavy atom. The molecule has 0 bridgehead atoms. The van der Waals surface area contributed by atoms with Crippen LogP contribution < -0.4 is 0 Å². The molecule has 112 valence electrons. The smallest absolute Gasteiger partial charge is 0.341 e. The van der Waals surface area contributed by atoms with Crippen LogP contribution in [0, 0.1) is 0 Å². The minimum Gasteiger partial charge on any atom is -0.393 e. The lowest BCUT2D eigenvalue weighted by Gasteiger charge is -2.21. The quantitative estimate of drug-likeness (QED) is 0.862. The summed E-state index contributed by atoms with van der Waals surface area (Å²) in [6.45, 7) is 2.79. The molecule has 2 fully saturated rings. The van der Waals surface area contributed by atoms with E-state index in [0.717, 1.165) is 18.5 Å². The van der Waals surface area contributed by atoms with Crippen molar-refractivity contribution < 1.29 is 9.90 Å². The van der Waals surface area contributed by atoms with Gasteiger partial charge < -0.3 is 10.0 Å². The Morgan fingerprint density at radius 3 is 2.71 bits per heavy atom. The van der Waals surface area contributed by atoms with Crippen molar-refractivity contribution in [2.75, 3.05) is 6.54 Å². The van der Waals surface area contributed by atoms with Gasteiger partial charge in [0.15, 0.2) is 0 Å². The number of carbonyl (C=O) groups is 1. The van der Waals surface area contributed by atoms with Crippen molar-refractivity contribution in [2.45, 2.75) is 44.4 Å². The van der Waals surface area contributed by atoms with Gasteiger partial charge in [-0.05, 0) is 24.8 Å². The number of hydrogen-bond donors (Lipinski definition) is 1. The van der Waals surface area contributed by atoms with E-state index < -0.39 is 0 Å². The van der Waals surface area contributed by atoms with E-state index in [1.165, 1.54) is 0 Å². The van der Waals surface area contributed by atoms with Crippen LogP contribution in [0.3, 0.4) is 0 Å². The van der Waals surface area contributed by atoms with Gasteiger partial charge >= 0.3 is 6.03 Å². The monoisotopic (exact) mass is 287 g/mol. The number of benzene rings is 1. The highest BCUT2D eigenvalue weighted by molar-refractivity contribution is 5.83. The fraction of sp³-hybridized carbons (Fsp3) is 0.500. The van der Waals surface area contributed by atoms with Gasteiger partial charge in [-0.3, -0.25) is 0 Å². The van der Waals surface area contributed by atoms with Gasteiger partial charge in [0.05, 0.1) is 24.4 Å². The largest absolute Gasteiger partial charge is 0.393 e. The molecule has 1 aromatic carbocycles. The van der Waals surface area contributed by atoms with Crippen molar-refractivity contribution in [3.8, 4) is 0 Å². The molecule has 3 rings (SSSR count). The molecular formula is C16H21N3O2. The zero-order chi connectivity index (χ0) is 14.8. The fourth-order valence-electron chi connectivity index (χ4n) is 3.29. The molecule has 0 spiro atoms. The van der Waals surface area contributed by atoms with Gasteiger partial charge in [0.25, 0.3) is 0 Å². The second-order valence-electron chi connectivity index (χ2n) is 5.74. The predicted octanol–water partition coefficient (Wildman–Crippen LogP) is 2.06. The summed E-state index contributed by atoms with van der Waals surface area (Å²) >= 11 is 0. The van der Waals surface area contributed by atoms with Gasteiger partial charge in [-0.1, -0.05) is 37.3 Å². The third-order valence-corrected chi connectivity index (χ3v) is 4.22. The summed E-state index contributed by atoms with van der Waals surface area (Å²) in [4.78, 5) is 14.4. The molecule has 1 aliphatic carbocycles. The maximum absolute atomic E-state index is 12.5. The van der Waals surface area contributed by atoms with Gasteiger partial charge in [-0.15, -0.1) is 0 Å². The summed E-state index contributed by atoms with van der Waals surface area (Å²) in [7, 11) is 0. The lowest BCUT2D eigenvalue weighted by atomic mass is 10.2. The molecule has 3 unspecified atom stereocenters. The number of aliphatic hydroxyl groups is 1. The highest BCUT2D eigenvalue weighted by Crippen LogP contribution is 2.35. The maximum atomic E-state index is 12.5. The average Bonchev–Trinajstić information content (AvgIpc) is 2.96. The summed E-state index contributed by atoms with van der Waals surface area (Å²) in [6.07, 6.45) is 3.58. The van der Waals surface area contributed by atoms with Crippen LogP contribution in [-0.4, -0.2) is 52.0 Å². The molecule has 3 atom stereocenters. The Kier molecular flexibility index (Phi) is 3.92. The van der Waals surface area contributed by atoms with E-state index in [1.807, 2.05) is 35.2 Å². The van der Waals surface area contributed by atoms with Crippen molar-refractivity contribution in [1.29, 1.82) is 0 Å². The van der Waals surface area contributed by atoms with Crippen LogP contribution in [0.4, 0.5) is 4.79 Å². The van der Waals surface area contributed by atoms with Gasteiger partial charge in [-0.2, -0.15) is 5.10 Å². The van der Waals surface area contributed by atoms with Crippen molar-refractivity contribution in [1.82, 2.24) is 9.91 Å². The molecule has 2 aliphatic rings. The number of hydrogen-bond acceptors (Lipinski definition) is 3. The number of carbonyl (C=O) groups excluding carboxylic acids is 1. The number of rotatable bonds is 4. The molecule has 1 saturated carbocycles. The highest BCUT2D eigenvalue weighted by Gasteiger charge is 2.50. The first kappa shape index (κ1) is 14.1. The highest BCUT2D eigenvalue weighted by atomic mass is 16.3. The molecule has 1 aliphatic heterocycles. The molecule has 0 radical (unpaired) electrons. The van der Waals surface area contributed by atoms with E-state index in [4.69, 9.17) is 0 Å². The SMILES string of the molecule is CCCN1C(=O)N(/N=C/c2ccccc2)C2CC(O)CC21. The molecule has 2 amide bonds. The molecule has 5 heteroatoms. The molecule has 1 aromatic rings. The van der Waals surface area contributed by atoms with Crippen LogP contribution in [0.5, 0.6) is 0 Å². The Morgan fingerprint density at radius 2 is 2.00 bits per heavy atom.